The van der Waals surface area contributed by atoms with E-state index < -0.39 is 23.1 Å². The molecule has 0 aliphatic carbocycles. The van der Waals surface area contributed by atoms with Gasteiger partial charge in [-0.3, -0.25) is 14.7 Å². The van der Waals surface area contributed by atoms with Crippen LogP contribution < -0.4 is 9.64 Å². The van der Waals surface area contributed by atoms with Crippen LogP contribution in [0.2, 0.25) is 0 Å². The fraction of sp³-hybridized carbons (Fsp3) is 0.429. The number of hydrogen-bond acceptors (Lipinski definition) is 8. The molecule has 0 bridgehead atoms. The Morgan fingerprint density at radius 2 is 1.90 bits per heavy atom. The summed E-state index contributed by atoms with van der Waals surface area (Å²) < 4.78 is 41.2. The molecule has 13 heteroatoms. The minimum Gasteiger partial charge on any atom is -0.482 e. The number of piperidine rings is 1. The van der Waals surface area contributed by atoms with Gasteiger partial charge in [-0.2, -0.15) is 10.4 Å². The van der Waals surface area contributed by atoms with Gasteiger partial charge < -0.3 is 14.4 Å². The minimum absolute atomic E-state index is 0.0201. The van der Waals surface area contributed by atoms with Gasteiger partial charge in [-0.05, 0) is 63.6 Å². The van der Waals surface area contributed by atoms with E-state index in [0.717, 1.165) is 12.3 Å². The van der Waals surface area contributed by atoms with Crippen LogP contribution in [-0.4, -0.2) is 61.9 Å². The van der Waals surface area contributed by atoms with E-state index in [1.807, 2.05) is 25.5 Å². The van der Waals surface area contributed by atoms with Gasteiger partial charge in [0.15, 0.2) is 12.3 Å². The average Bonchev–Trinajstić information content (AvgIpc) is 3.45. The van der Waals surface area contributed by atoms with E-state index in [1.165, 1.54) is 4.90 Å². The summed E-state index contributed by atoms with van der Waals surface area (Å²) in [5.74, 6) is -1.47. The standard InChI is InChI=1S/C35H37F2N7O4/c1-20(2)12-27-24(15-38)32(25-17-40-44(33(25)41-27)23-8-10-42(11-9-23)34(46)48-35(3,4)5)21-6-7-29-30(13-21)47-19-31(45)43(29)18-28-26(37)14-22(36)16-39-28/h6-7,13-14,16-17,20,23H,8-12,18-19H2,1-5H3. The monoisotopic (exact) mass is 657 g/mol. The maximum Gasteiger partial charge on any atom is 0.410 e. The van der Waals surface area contributed by atoms with Crippen LogP contribution in [0.1, 0.15) is 70.5 Å². The number of nitrogens with zero attached hydrogens (tertiary/aromatic N) is 7. The van der Waals surface area contributed by atoms with Crippen molar-refractivity contribution in [3.05, 3.63) is 65.2 Å². The normalized spacial score (nSPS) is 15.4. The smallest absolute Gasteiger partial charge is 0.410 e. The van der Waals surface area contributed by atoms with Crippen molar-refractivity contribution in [2.24, 2.45) is 5.92 Å². The van der Waals surface area contributed by atoms with Crippen LogP contribution in [0.15, 0.2) is 36.7 Å². The third-order valence-electron chi connectivity index (χ3n) is 8.38. The molecule has 0 spiro atoms. The number of pyridine rings is 2. The van der Waals surface area contributed by atoms with Gasteiger partial charge in [0.2, 0.25) is 0 Å². The van der Waals surface area contributed by atoms with Crippen LogP contribution in [0.4, 0.5) is 19.3 Å². The summed E-state index contributed by atoms with van der Waals surface area (Å²) in [7, 11) is 0. The largest absolute Gasteiger partial charge is 0.482 e. The number of ether oxygens (including phenoxy) is 2. The maximum absolute atomic E-state index is 14.5. The number of carbonyl (C=O) groups excluding carboxylic acids is 2. The molecule has 11 nitrogen and oxygen atoms in total. The second-order valence-corrected chi connectivity index (χ2v) is 13.6. The summed E-state index contributed by atoms with van der Waals surface area (Å²) in [6.07, 6.45) is 4.17. The zero-order valence-electron chi connectivity index (χ0n) is 27.6. The molecular formula is C35H37F2N7O4. The van der Waals surface area contributed by atoms with Gasteiger partial charge in [0, 0.05) is 30.1 Å². The molecule has 6 rings (SSSR count). The Bertz CT molecular complexity index is 1940. The lowest BCUT2D eigenvalue weighted by Crippen LogP contribution is -2.42. The number of fused-ring (bicyclic) bond motifs is 2. The summed E-state index contributed by atoms with van der Waals surface area (Å²) in [5, 5.41) is 15.9. The number of amides is 2. The highest BCUT2D eigenvalue weighted by Crippen LogP contribution is 2.41. The molecule has 2 aliphatic heterocycles. The average molecular weight is 658 g/mol. The summed E-state index contributed by atoms with van der Waals surface area (Å²) in [6.45, 7) is 10.2. The first-order chi connectivity index (χ1) is 22.8. The minimum atomic E-state index is -0.851. The first-order valence-electron chi connectivity index (χ1n) is 16.0. The molecule has 0 radical (unpaired) electrons. The van der Waals surface area contributed by atoms with Crippen molar-refractivity contribution in [3.63, 3.8) is 0 Å². The van der Waals surface area contributed by atoms with Gasteiger partial charge in [0.25, 0.3) is 5.91 Å². The number of benzene rings is 1. The van der Waals surface area contributed by atoms with E-state index >= 15 is 0 Å². The number of nitriles is 1. The molecule has 4 aromatic rings. The Labute approximate surface area is 277 Å². The lowest BCUT2D eigenvalue weighted by Gasteiger charge is -2.33. The Balaban J connectivity index is 1.37. The van der Waals surface area contributed by atoms with Crippen molar-refractivity contribution in [1.29, 1.82) is 5.26 Å². The highest BCUT2D eigenvalue weighted by Gasteiger charge is 2.31. The van der Waals surface area contributed by atoms with Crippen molar-refractivity contribution in [1.82, 2.24) is 24.6 Å². The zero-order chi connectivity index (χ0) is 34.3. The molecular weight excluding hydrogens is 620 g/mol. The number of halogens is 2. The van der Waals surface area contributed by atoms with Crippen molar-refractivity contribution in [2.45, 2.75) is 72.1 Å². The predicted molar refractivity (Wildman–Crippen MR) is 173 cm³/mol. The molecule has 48 heavy (non-hydrogen) atoms. The lowest BCUT2D eigenvalue weighted by molar-refractivity contribution is -0.121. The van der Waals surface area contributed by atoms with Crippen molar-refractivity contribution < 1.29 is 27.8 Å². The molecule has 5 heterocycles. The Morgan fingerprint density at radius 3 is 2.56 bits per heavy atom. The Hall–Kier alpha value is -5.12. The molecule has 1 aromatic carbocycles. The maximum atomic E-state index is 14.5. The van der Waals surface area contributed by atoms with E-state index in [9.17, 15) is 23.6 Å². The number of rotatable bonds is 6. The van der Waals surface area contributed by atoms with Gasteiger partial charge >= 0.3 is 6.09 Å². The van der Waals surface area contributed by atoms with Crippen molar-refractivity contribution in [2.75, 3.05) is 24.6 Å². The van der Waals surface area contributed by atoms with Gasteiger partial charge in [-0.25, -0.2) is 23.2 Å². The third kappa shape index (κ3) is 6.52. The molecule has 0 saturated carbocycles. The molecule has 1 saturated heterocycles. The molecule has 0 N–H and O–H groups in total. The van der Waals surface area contributed by atoms with Crippen LogP contribution in [0.5, 0.6) is 5.75 Å². The summed E-state index contributed by atoms with van der Waals surface area (Å²) >= 11 is 0. The lowest BCUT2D eigenvalue weighted by atomic mass is 9.93. The molecule has 0 atom stereocenters. The van der Waals surface area contributed by atoms with Crippen LogP contribution in [-0.2, 0) is 22.5 Å². The molecule has 2 amide bonds. The van der Waals surface area contributed by atoms with Crippen molar-refractivity contribution >= 4 is 28.7 Å². The molecule has 3 aromatic heterocycles. The van der Waals surface area contributed by atoms with Crippen LogP contribution in [0.3, 0.4) is 0 Å². The summed E-state index contributed by atoms with van der Waals surface area (Å²) in [4.78, 5) is 37.5. The number of anilines is 1. The van der Waals surface area contributed by atoms with Gasteiger partial charge in [-0.15, -0.1) is 0 Å². The predicted octanol–water partition coefficient (Wildman–Crippen LogP) is 6.34. The number of likely N-dealkylation sites (tertiary alicyclic amines) is 1. The van der Waals surface area contributed by atoms with Crippen LogP contribution >= 0.6 is 0 Å². The van der Waals surface area contributed by atoms with Gasteiger partial charge in [-0.1, -0.05) is 19.9 Å². The van der Waals surface area contributed by atoms with Gasteiger partial charge in [0.1, 0.15) is 29.1 Å². The first-order valence-corrected chi connectivity index (χ1v) is 16.0. The van der Waals surface area contributed by atoms with Crippen LogP contribution in [0.25, 0.3) is 22.2 Å². The molecule has 2 aliphatic rings. The second-order valence-electron chi connectivity index (χ2n) is 13.6. The molecule has 0 unspecified atom stereocenters. The van der Waals surface area contributed by atoms with Gasteiger partial charge in [0.05, 0.1) is 47.6 Å². The van der Waals surface area contributed by atoms with Crippen LogP contribution in [0, 0.1) is 28.9 Å². The molecule has 250 valence electrons. The molecule has 1 fully saturated rings. The fourth-order valence-corrected chi connectivity index (χ4v) is 6.19. The third-order valence-corrected chi connectivity index (χ3v) is 8.38. The zero-order valence-corrected chi connectivity index (χ0v) is 27.6. The van der Waals surface area contributed by atoms with E-state index in [-0.39, 0.29) is 36.9 Å². The summed E-state index contributed by atoms with van der Waals surface area (Å²) in [6, 6.07) is 8.33. The highest BCUT2D eigenvalue weighted by atomic mass is 19.1. The van der Waals surface area contributed by atoms with Crippen molar-refractivity contribution in [3.8, 4) is 22.9 Å². The number of carbonyl (C=O) groups is 2. The van der Waals surface area contributed by atoms with E-state index in [0.29, 0.717) is 77.2 Å². The fourth-order valence-electron chi connectivity index (χ4n) is 6.19. The Kier molecular flexibility index (Phi) is 8.76. The number of aromatic nitrogens is 4. The van der Waals surface area contributed by atoms with E-state index in [1.54, 1.807) is 29.3 Å². The second kappa shape index (κ2) is 12.8. The Morgan fingerprint density at radius 1 is 1.15 bits per heavy atom. The first kappa shape index (κ1) is 32.8. The topological polar surface area (TPSA) is 126 Å². The number of hydrogen-bond donors (Lipinski definition) is 0. The SMILES string of the molecule is CC(C)Cc1nc2c(cnn2C2CCN(C(=O)OC(C)(C)C)CC2)c(-c2ccc3c(c2)OCC(=O)N3Cc2ncc(F)cc2F)c1C#N. The summed E-state index contributed by atoms with van der Waals surface area (Å²) in [5.41, 5.74) is 2.78. The highest BCUT2D eigenvalue weighted by molar-refractivity contribution is 6.00. The van der Waals surface area contributed by atoms with E-state index in [2.05, 4.69) is 24.9 Å². The quantitative estimate of drug-likeness (QED) is 0.235. The van der Waals surface area contributed by atoms with E-state index in [4.69, 9.17) is 19.6 Å².